The van der Waals surface area contributed by atoms with Gasteiger partial charge in [-0.3, -0.25) is 0 Å². The van der Waals surface area contributed by atoms with E-state index in [1.54, 1.807) is 12.1 Å². The van der Waals surface area contributed by atoms with Crippen LogP contribution in [0, 0.1) is 51.2 Å². The van der Waals surface area contributed by atoms with E-state index in [1.807, 2.05) is 12.1 Å². The van der Waals surface area contributed by atoms with Crippen LogP contribution in [0.15, 0.2) is 42.5 Å². The van der Waals surface area contributed by atoms with Gasteiger partial charge in [0.05, 0.1) is 5.56 Å². The molecule has 9 atom stereocenters. The maximum atomic E-state index is 11.4. The van der Waals surface area contributed by atoms with E-state index < -0.39 is 5.97 Å². The number of rotatable bonds is 3. The van der Waals surface area contributed by atoms with Gasteiger partial charge in [-0.15, -0.1) is 0 Å². The molecular formula is C36H51NO2. The van der Waals surface area contributed by atoms with Crippen LogP contribution in [0.1, 0.15) is 115 Å². The van der Waals surface area contributed by atoms with Gasteiger partial charge in [0.2, 0.25) is 0 Å². The Morgan fingerprint density at radius 2 is 1.59 bits per heavy atom. The molecule has 39 heavy (non-hydrogen) atoms. The van der Waals surface area contributed by atoms with Crippen LogP contribution in [0.5, 0.6) is 0 Å². The third kappa shape index (κ3) is 3.53. The van der Waals surface area contributed by atoms with Crippen molar-refractivity contribution < 1.29 is 9.90 Å². The van der Waals surface area contributed by atoms with Crippen LogP contribution >= 0.6 is 0 Å². The zero-order chi connectivity index (χ0) is 28.2. The van der Waals surface area contributed by atoms with Crippen LogP contribution in [0.4, 0.5) is 0 Å². The number of aromatic carboxylic acids is 1. The third-order valence-electron chi connectivity index (χ3n) is 14.2. The second-order valence-corrected chi connectivity index (χ2v) is 15.8. The first kappa shape index (κ1) is 27.3. The summed E-state index contributed by atoms with van der Waals surface area (Å²) in [7, 11) is 0. The molecule has 0 saturated heterocycles. The summed E-state index contributed by atoms with van der Waals surface area (Å²) in [5.74, 6) is 2.37. The largest absolute Gasteiger partial charge is 0.478 e. The zero-order valence-electron chi connectivity index (χ0n) is 25.3. The third-order valence-corrected chi connectivity index (χ3v) is 14.2. The van der Waals surface area contributed by atoms with Crippen LogP contribution in [0.3, 0.4) is 0 Å². The number of carboxylic acid groups (broad SMARTS) is 1. The summed E-state index contributed by atoms with van der Waals surface area (Å²) >= 11 is 0. The van der Waals surface area contributed by atoms with E-state index in [0.29, 0.717) is 46.0 Å². The molecule has 3 N–H and O–H groups in total. The Morgan fingerprint density at radius 3 is 2.23 bits per heavy atom. The number of allylic oxidation sites excluding steroid dienone is 3. The summed E-state index contributed by atoms with van der Waals surface area (Å²) in [6.07, 6.45) is 13.7. The summed E-state index contributed by atoms with van der Waals surface area (Å²) in [6, 6.07) is 7.59. The number of nitrogens with two attached hydrogens (primary N) is 1. The molecule has 212 valence electrons. The van der Waals surface area contributed by atoms with Crippen molar-refractivity contribution in [3.8, 4) is 0 Å². The van der Waals surface area contributed by atoms with Crippen molar-refractivity contribution in [3.63, 3.8) is 0 Å². The van der Waals surface area contributed by atoms with Gasteiger partial charge in [0, 0.05) is 5.54 Å². The lowest BCUT2D eigenvalue weighted by molar-refractivity contribution is -0.217. The lowest BCUT2D eigenvalue weighted by Gasteiger charge is -2.72. The van der Waals surface area contributed by atoms with Gasteiger partial charge in [-0.05, 0) is 139 Å². The topological polar surface area (TPSA) is 63.3 Å². The highest BCUT2D eigenvalue weighted by Crippen LogP contribution is 2.76. The number of hydrogen-bond donors (Lipinski definition) is 2. The average molecular weight is 530 g/mol. The number of benzene rings is 1. The normalized spacial score (nSPS) is 46.2. The van der Waals surface area contributed by atoms with E-state index in [2.05, 4.69) is 54.2 Å². The van der Waals surface area contributed by atoms with Crippen molar-refractivity contribution in [2.24, 2.45) is 57.0 Å². The van der Waals surface area contributed by atoms with Gasteiger partial charge in [0.1, 0.15) is 0 Å². The number of hydrogen-bond acceptors (Lipinski definition) is 2. The maximum Gasteiger partial charge on any atom is 0.335 e. The summed E-state index contributed by atoms with van der Waals surface area (Å²) < 4.78 is 0. The van der Waals surface area contributed by atoms with Crippen molar-refractivity contribution in [1.29, 1.82) is 0 Å². The Balaban J connectivity index is 1.36. The van der Waals surface area contributed by atoms with Crippen molar-refractivity contribution in [2.45, 2.75) is 105 Å². The van der Waals surface area contributed by atoms with E-state index >= 15 is 0 Å². The molecule has 0 spiro atoms. The Labute approximate surface area is 236 Å². The molecule has 3 heteroatoms. The van der Waals surface area contributed by atoms with E-state index in [1.165, 1.54) is 68.1 Å². The Kier molecular flexibility index (Phi) is 6.00. The molecule has 4 fully saturated rings. The molecule has 0 heterocycles. The van der Waals surface area contributed by atoms with Crippen LogP contribution in [-0.2, 0) is 0 Å². The minimum atomic E-state index is -0.858. The highest BCUT2D eigenvalue weighted by Gasteiger charge is 2.70. The number of carbonyl (C=O) groups is 1. The average Bonchev–Trinajstić information content (AvgIpc) is 3.22. The fourth-order valence-corrected chi connectivity index (χ4v) is 12.1. The Bertz CT molecular complexity index is 1230. The first-order valence-electron chi connectivity index (χ1n) is 15.7. The molecule has 1 aromatic rings. The van der Waals surface area contributed by atoms with Crippen LogP contribution in [0.2, 0.25) is 0 Å². The minimum Gasteiger partial charge on any atom is -0.478 e. The number of carboxylic acids is 1. The summed E-state index contributed by atoms with van der Waals surface area (Å²) in [6.45, 7) is 19.6. The highest BCUT2D eigenvalue weighted by atomic mass is 16.4. The highest BCUT2D eigenvalue weighted by molar-refractivity contribution is 5.88. The molecule has 5 aliphatic carbocycles. The molecule has 0 unspecified atom stereocenters. The van der Waals surface area contributed by atoms with Gasteiger partial charge < -0.3 is 10.8 Å². The summed E-state index contributed by atoms with van der Waals surface area (Å²) in [5, 5.41) is 9.39. The standard InChI is InChI=1S/C36H51NO2/c1-22(2)25-14-19-36(37)21-20-34(6)27(30(25)36)12-13-29-33(5)17-15-26(23-8-10-24(11-9-23)31(38)39)32(3,4)28(33)16-18-35(29,34)7/h8-11,15,25,27-30H,1,12-14,16-21,37H2,2-7H3,(H,38,39)/t25-,27+,28-,29+,30+,33-,34+,35+,36-/m0/s1. The molecule has 0 bridgehead atoms. The smallest absolute Gasteiger partial charge is 0.335 e. The summed E-state index contributed by atoms with van der Waals surface area (Å²) in [4.78, 5) is 11.4. The first-order valence-corrected chi connectivity index (χ1v) is 15.7. The van der Waals surface area contributed by atoms with Gasteiger partial charge in [0.25, 0.3) is 0 Å². The predicted octanol–water partition coefficient (Wildman–Crippen LogP) is 8.75. The van der Waals surface area contributed by atoms with E-state index in [4.69, 9.17) is 5.73 Å². The molecule has 4 saturated carbocycles. The number of fused-ring (bicyclic) bond motifs is 7. The fourth-order valence-electron chi connectivity index (χ4n) is 12.1. The molecule has 0 radical (unpaired) electrons. The molecule has 1 aromatic carbocycles. The van der Waals surface area contributed by atoms with Crippen LogP contribution < -0.4 is 5.73 Å². The van der Waals surface area contributed by atoms with Crippen LogP contribution in [0.25, 0.3) is 5.57 Å². The van der Waals surface area contributed by atoms with Gasteiger partial charge in [-0.2, -0.15) is 0 Å². The molecule has 0 aromatic heterocycles. The first-order chi connectivity index (χ1) is 18.2. The SMILES string of the molecule is C=C(C)[C@@H]1CC[C@]2(N)CC[C@]3(C)[C@H](CC[C@@H]4[C@@]5(C)CC=C(c6ccc(C(=O)O)cc6)C(C)(C)[C@@H]5CC[C@]43C)[C@@H]12. The molecule has 6 rings (SSSR count). The molecule has 5 aliphatic rings. The van der Waals surface area contributed by atoms with Gasteiger partial charge in [-0.1, -0.05) is 65.0 Å². The maximum absolute atomic E-state index is 11.4. The van der Waals surface area contributed by atoms with E-state index in [9.17, 15) is 9.90 Å². The molecule has 3 nitrogen and oxygen atoms in total. The van der Waals surface area contributed by atoms with Crippen molar-refractivity contribution in [3.05, 3.63) is 53.6 Å². The quantitative estimate of drug-likeness (QED) is 0.385. The van der Waals surface area contributed by atoms with Gasteiger partial charge >= 0.3 is 5.97 Å². The van der Waals surface area contributed by atoms with Crippen molar-refractivity contribution in [2.75, 3.05) is 0 Å². The van der Waals surface area contributed by atoms with E-state index in [0.717, 1.165) is 6.42 Å². The van der Waals surface area contributed by atoms with Crippen LogP contribution in [-0.4, -0.2) is 16.6 Å². The molecule has 0 amide bonds. The van der Waals surface area contributed by atoms with Crippen molar-refractivity contribution >= 4 is 11.5 Å². The zero-order valence-corrected chi connectivity index (χ0v) is 25.3. The van der Waals surface area contributed by atoms with Gasteiger partial charge in [0.15, 0.2) is 0 Å². The fraction of sp³-hybridized carbons (Fsp3) is 0.694. The van der Waals surface area contributed by atoms with Gasteiger partial charge in [-0.25, -0.2) is 4.79 Å². The molecular weight excluding hydrogens is 478 g/mol. The monoisotopic (exact) mass is 529 g/mol. The second kappa shape index (κ2) is 8.57. The van der Waals surface area contributed by atoms with Crippen molar-refractivity contribution in [1.82, 2.24) is 0 Å². The molecule has 0 aliphatic heterocycles. The Hall–Kier alpha value is -1.87. The predicted molar refractivity (Wildman–Crippen MR) is 160 cm³/mol. The minimum absolute atomic E-state index is 0.0126. The lowest BCUT2D eigenvalue weighted by atomic mass is 9.33. The lowest BCUT2D eigenvalue weighted by Crippen LogP contribution is -2.67. The summed E-state index contributed by atoms with van der Waals surface area (Å²) in [5.41, 5.74) is 12.6. The van der Waals surface area contributed by atoms with E-state index in [-0.39, 0.29) is 16.4 Å². The Morgan fingerprint density at radius 1 is 0.897 bits per heavy atom. The second-order valence-electron chi connectivity index (χ2n) is 15.8.